The van der Waals surface area contributed by atoms with Gasteiger partial charge in [-0.25, -0.2) is 53.6 Å². The molecule has 0 bridgehead atoms. The van der Waals surface area contributed by atoms with Gasteiger partial charge in [-0.3, -0.25) is 41.4 Å². The zero-order valence-electron chi connectivity index (χ0n) is 80.6. The van der Waals surface area contributed by atoms with Crippen LogP contribution in [0.25, 0.3) is 45.0 Å². The number of rotatable bonds is 24. The fourth-order valence-electron chi connectivity index (χ4n) is 18.1. The molecular formula is C110H105N13O12S8. The maximum atomic E-state index is 13.4. The minimum absolute atomic E-state index is 0.105. The number of aryl methyl sites for hydroxylation is 11. The summed E-state index contributed by atoms with van der Waals surface area (Å²) in [6, 6.07) is 78.7. The molecule has 16 aromatic rings. The van der Waals surface area contributed by atoms with Crippen LogP contribution in [0.2, 0.25) is 0 Å². The van der Waals surface area contributed by atoms with Crippen molar-refractivity contribution in [2.24, 2.45) is 0 Å². The Morgan fingerprint density at radius 1 is 0.280 bits per heavy atom. The molecule has 9 heterocycles. The lowest BCUT2D eigenvalue weighted by Gasteiger charge is -2.21. The minimum Gasteiger partial charge on any atom is -0.302 e. The van der Waals surface area contributed by atoms with E-state index in [1.165, 1.54) is 62.6 Å². The Morgan fingerprint density at radius 3 is 0.811 bits per heavy atom. The minimum atomic E-state index is -3.64. The molecule has 20 rings (SSSR count). The predicted octanol–water partition coefficient (Wildman–Crippen LogP) is 21.8. The van der Waals surface area contributed by atoms with Crippen molar-refractivity contribution in [1.82, 2.24) is 24.9 Å². The predicted molar refractivity (Wildman–Crippen MR) is 574 cm³/mol. The second-order valence-electron chi connectivity index (χ2n) is 35.7. The van der Waals surface area contributed by atoms with Gasteiger partial charge in [0.15, 0.2) is 20.5 Å². The lowest BCUT2D eigenvalue weighted by atomic mass is 10.1. The Balaban J connectivity index is 0.000000131. The SMILES string of the molecule is Cc1ccc(CC(=O)Nc2nc(-c3ccc4c(c3)CCN4S(=O)(=O)c3ccccc3C)c(C)s2)cc1.Cc1cccc(CC(=O)Nc2nc(-c3ccc4c(c3)CCN4S(=O)(=O)c3ccccc3C)c(C)s2)c1.Cc1cccc(CC(=O)Nc2nc(-c3ccc4c(c3)CCN4S(=O)(=O)c3ccccc3C)c(C)s2)c1.Cc1ccccc1S(=O)(=O)N1CCc2cc(-c3nc(NC(=O)Cc4cccnc4)sc3C)ccc21. The summed E-state index contributed by atoms with van der Waals surface area (Å²) in [5.41, 5.74) is 23.6. The lowest BCUT2D eigenvalue weighted by Crippen LogP contribution is -2.29. The number of carbonyl (C=O) groups is 4. The van der Waals surface area contributed by atoms with E-state index in [2.05, 4.69) is 46.2 Å². The second kappa shape index (κ2) is 42.6. The highest BCUT2D eigenvalue weighted by Crippen LogP contribution is 2.45. The van der Waals surface area contributed by atoms with Gasteiger partial charge >= 0.3 is 0 Å². The molecule has 0 radical (unpaired) electrons. The second-order valence-corrected chi connectivity index (χ2v) is 47.8. The number of amides is 4. The van der Waals surface area contributed by atoms with Gasteiger partial charge in [0.1, 0.15) is 0 Å². The molecule has 0 unspecified atom stereocenters. The summed E-state index contributed by atoms with van der Waals surface area (Å²) in [6.45, 7) is 22.8. The standard InChI is InChI=1S/3C28H27N3O3S2.C26H24N4O3S2/c2*1-18-7-6-9-21(15-18)16-26(32)29-28-30-27(20(3)35-28)23-11-12-24-22(17-23)13-14-31(24)36(33,34)25-10-5-4-8-19(25)2;1-18-8-10-21(11-9-18)16-26(32)29-28-30-27(20(3)35-28)23-12-13-24-22(17-23)14-15-31(24)36(33,34)25-7-5-4-6-19(25)2;1-17-6-3-4-8-23(17)35(32,33)30-13-11-20-15-21(9-10-22(20)30)25-18(2)34-26(29-25)28-24(31)14-19-7-5-12-27-16-19/h2*4-12,15,17H,13-14,16H2,1-3H3,(H,29,30,32);4-13,17H,14-16H2,1-3H3,(H,29,30,32);3-10,12,15-16H,11,13-14H2,1-2H3,(H,28,29,31). The van der Waals surface area contributed by atoms with E-state index < -0.39 is 40.1 Å². The van der Waals surface area contributed by atoms with E-state index in [0.29, 0.717) is 128 Å². The number of aromatic nitrogens is 5. The first-order chi connectivity index (χ1) is 68.5. The van der Waals surface area contributed by atoms with Crippen molar-refractivity contribution < 1.29 is 52.8 Å². The smallest absolute Gasteiger partial charge is 0.264 e. The fraction of sp³-hybridized carbons (Fsp3) is 0.209. The summed E-state index contributed by atoms with van der Waals surface area (Å²) in [6.07, 6.45) is 6.99. The first kappa shape index (κ1) is 100. The molecule has 0 aliphatic carbocycles. The molecule has 4 N–H and O–H groups in total. The first-order valence-corrected chi connectivity index (χ1v) is 55.5. The lowest BCUT2D eigenvalue weighted by molar-refractivity contribution is -0.116. The van der Waals surface area contributed by atoms with Crippen molar-refractivity contribution in [1.29, 1.82) is 0 Å². The number of thiazole rings is 4. The van der Waals surface area contributed by atoms with E-state index in [0.717, 1.165) is 148 Å². The number of anilines is 8. The molecule has 25 nitrogen and oxygen atoms in total. The molecule has 730 valence electrons. The topological polar surface area (TPSA) is 330 Å². The van der Waals surface area contributed by atoms with Crippen molar-refractivity contribution in [3.8, 4) is 45.0 Å². The van der Waals surface area contributed by atoms with Crippen molar-refractivity contribution in [2.45, 2.75) is 147 Å². The van der Waals surface area contributed by atoms with Gasteiger partial charge in [0.05, 0.1) is 90.8 Å². The van der Waals surface area contributed by atoms with Gasteiger partial charge in [-0.2, -0.15) is 0 Å². The van der Waals surface area contributed by atoms with E-state index in [1.807, 2.05) is 276 Å². The molecule has 0 spiro atoms. The molecule has 4 aliphatic rings. The van der Waals surface area contributed by atoms with Crippen LogP contribution in [0.3, 0.4) is 0 Å². The van der Waals surface area contributed by atoms with E-state index in [4.69, 9.17) is 0 Å². The number of benzene rings is 11. The summed E-state index contributed by atoms with van der Waals surface area (Å²) >= 11 is 5.74. The highest BCUT2D eigenvalue weighted by Gasteiger charge is 2.38. The van der Waals surface area contributed by atoms with Crippen LogP contribution in [0.1, 0.15) is 103 Å². The average Bonchev–Trinajstić information content (AvgIpc) is 1.64. The van der Waals surface area contributed by atoms with Crippen LogP contribution in [-0.2, 0) is 111 Å². The number of pyridine rings is 1. The first-order valence-electron chi connectivity index (χ1n) is 46.5. The fourth-order valence-corrected chi connectivity index (χ4v) is 28.4. The van der Waals surface area contributed by atoms with Crippen molar-refractivity contribution in [3.63, 3.8) is 0 Å². The van der Waals surface area contributed by atoms with Gasteiger partial charge < -0.3 is 21.3 Å². The third kappa shape index (κ3) is 22.6. The van der Waals surface area contributed by atoms with Crippen LogP contribution in [-0.4, -0.2) is 108 Å². The number of sulfonamides is 4. The Morgan fingerprint density at radius 2 is 0.545 bits per heavy atom. The normalized spacial score (nSPS) is 13.0. The van der Waals surface area contributed by atoms with Crippen molar-refractivity contribution >= 4 is 152 Å². The number of nitrogens with zero attached hydrogens (tertiary/aromatic N) is 9. The van der Waals surface area contributed by atoms with Gasteiger partial charge in [-0.1, -0.05) is 193 Å². The maximum absolute atomic E-state index is 13.4. The van der Waals surface area contributed by atoms with E-state index in [1.54, 1.807) is 67.0 Å². The molecule has 0 fully saturated rings. The summed E-state index contributed by atoms with van der Waals surface area (Å²) in [4.78, 5) is 78.1. The molecule has 143 heavy (non-hydrogen) atoms. The van der Waals surface area contributed by atoms with Gasteiger partial charge in [0, 0.05) is 80.3 Å². The zero-order valence-corrected chi connectivity index (χ0v) is 87.1. The van der Waals surface area contributed by atoms with Gasteiger partial charge in [0.2, 0.25) is 23.6 Å². The van der Waals surface area contributed by atoms with Gasteiger partial charge in [-0.15, -0.1) is 45.3 Å². The van der Waals surface area contributed by atoms with Crippen LogP contribution in [0.5, 0.6) is 0 Å². The van der Waals surface area contributed by atoms with Crippen LogP contribution >= 0.6 is 45.3 Å². The molecule has 0 atom stereocenters. The van der Waals surface area contributed by atoms with Crippen molar-refractivity contribution in [3.05, 3.63) is 370 Å². The van der Waals surface area contributed by atoms with Gasteiger partial charge in [-0.05, 0) is 247 Å². The quantitative estimate of drug-likeness (QED) is 0.0437. The summed E-state index contributed by atoms with van der Waals surface area (Å²) in [5, 5.41) is 13.9. The number of hydrogen-bond donors (Lipinski definition) is 4. The van der Waals surface area contributed by atoms with Crippen LogP contribution in [0, 0.1) is 76.2 Å². The maximum Gasteiger partial charge on any atom is 0.264 e. The van der Waals surface area contributed by atoms with Gasteiger partial charge in [0.25, 0.3) is 40.1 Å². The Labute approximate surface area is 850 Å². The van der Waals surface area contributed by atoms with Crippen LogP contribution in [0.4, 0.5) is 43.3 Å². The third-order valence-electron chi connectivity index (χ3n) is 25.1. The molecule has 33 heteroatoms. The monoisotopic (exact) mass is 2060 g/mol. The molecule has 5 aromatic heterocycles. The highest BCUT2D eigenvalue weighted by molar-refractivity contribution is 7.94. The molecule has 11 aromatic carbocycles. The Kier molecular flexibility index (Phi) is 30.0. The number of fused-ring (bicyclic) bond motifs is 4. The molecule has 0 saturated carbocycles. The average molecular weight is 2060 g/mol. The van der Waals surface area contributed by atoms with Crippen LogP contribution in [0.15, 0.2) is 287 Å². The zero-order chi connectivity index (χ0) is 101. The third-order valence-corrected chi connectivity index (χ3v) is 36.5. The Hall–Kier alpha value is -14.0. The summed E-state index contributed by atoms with van der Waals surface area (Å²) in [7, 11) is -14.5. The molecule has 4 aliphatic heterocycles. The van der Waals surface area contributed by atoms with E-state index in [-0.39, 0.29) is 36.5 Å². The highest BCUT2D eigenvalue weighted by atomic mass is 32.2. The van der Waals surface area contributed by atoms with E-state index in [9.17, 15) is 52.8 Å². The molecule has 4 amide bonds. The molecule has 0 saturated heterocycles. The van der Waals surface area contributed by atoms with Crippen molar-refractivity contribution in [2.75, 3.05) is 64.7 Å². The number of hydrogen-bond acceptors (Lipinski definition) is 21. The molecular weight excluding hydrogens is 1950 g/mol. The summed E-state index contributed by atoms with van der Waals surface area (Å²) in [5.74, 6) is -0.465. The van der Waals surface area contributed by atoms with Crippen LogP contribution < -0.4 is 38.5 Å². The summed E-state index contributed by atoms with van der Waals surface area (Å²) < 4.78 is 113. The number of nitrogens with one attached hydrogen (secondary N) is 4. The largest absolute Gasteiger partial charge is 0.302 e. The van der Waals surface area contributed by atoms with E-state index >= 15 is 0 Å². The Bertz CT molecular complexity index is 7870. The number of carbonyl (C=O) groups excluding carboxylic acids is 4.